The molecule has 4 nitrogen and oxygen atoms in total. The molecule has 2 unspecified atom stereocenters. The molecule has 2 atom stereocenters. The molecule has 180 valence electrons. The fourth-order valence-electron chi connectivity index (χ4n) is 3.40. The quantitative estimate of drug-likeness (QED) is 0.298. The monoisotopic (exact) mass is 476 g/mol. The van der Waals surface area contributed by atoms with Crippen molar-refractivity contribution in [3.63, 3.8) is 0 Å². The van der Waals surface area contributed by atoms with Crippen LogP contribution >= 0.6 is 0 Å². The number of hydrogen-bond acceptors (Lipinski definition) is 4. The van der Waals surface area contributed by atoms with Crippen LogP contribution < -0.4 is 9.47 Å². The van der Waals surface area contributed by atoms with Crippen molar-refractivity contribution in [3.8, 4) is 11.5 Å². The van der Waals surface area contributed by atoms with Crippen molar-refractivity contribution in [2.24, 2.45) is 5.92 Å². The molecule has 1 aliphatic rings. The molecule has 1 fully saturated rings. The fourth-order valence-corrected chi connectivity index (χ4v) is 3.40. The van der Waals surface area contributed by atoms with Gasteiger partial charge in [-0.05, 0) is 37.5 Å². The highest BCUT2D eigenvalue weighted by Crippen LogP contribution is 2.36. The number of halogens is 6. The van der Waals surface area contributed by atoms with E-state index in [1.54, 1.807) is 0 Å². The van der Waals surface area contributed by atoms with Crippen molar-refractivity contribution in [3.05, 3.63) is 71.5 Å². The first-order valence-electron chi connectivity index (χ1n) is 10.2. The van der Waals surface area contributed by atoms with E-state index in [1.807, 2.05) is 6.92 Å². The van der Waals surface area contributed by atoms with Crippen LogP contribution in [0.25, 0.3) is 0 Å². The molecular weight excluding hydrogens is 454 g/mol. The van der Waals surface area contributed by atoms with Gasteiger partial charge in [-0.3, -0.25) is 0 Å². The molecule has 0 aliphatic carbocycles. The van der Waals surface area contributed by atoms with Crippen LogP contribution in [0, 0.1) is 17.6 Å². The highest BCUT2D eigenvalue weighted by molar-refractivity contribution is 5.36. The van der Waals surface area contributed by atoms with E-state index >= 15 is 0 Å². The predicted octanol–water partition coefficient (Wildman–Crippen LogP) is 6.71. The standard InChI is InChI=1S/C23H22F6O4/c1-2-30-11-14-3-8-20(31-12-14)15-4-6-16(7-5-15)23(28,29)33-17-9-18(24)22(19(25)10-17)32-13-21(26)27/h4-7,9-10,13-14,20H,2-3,8,11-12H2,1H3. The Morgan fingerprint density at radius 2 is 1.76 bits per heavy atom. The summed E-state index contributed by atoms with van der Waals surface area (Å²) in [6.45, 7) is 3.67. The Kier molecular flexibility index (Phi) is 8.25. The summed E-state index contributed by atoms with van der Waals surface area (Å²) in [6.07, 6.45) is -5.04. The van der Waals surface area contributed by atoms with Crippen molar-refractivity contribution in [1.82, 2.24) is 0 Å². The lowest BCUT2D eigenvalue weighted by molar-refractivity contribution is -0.185. The average molecular weight is 476 g/mol. The smallest absolute Gasteiger partial charge is 0.426 e. The van der Waals surface area contributed by atoms with Gasteiger partial charge in [0.2, 0.25) is 0 Å². The Morgan fingerprint density at radius 1 is 1.09 bits per heavy atom. The number of benzene rings is 2. The first kappa shape index (κ1) is 24.9. The van der Waals surface area contributed by atoms with Gasteiger partial charge in [0.25, 0.3) is 0 Å². The van der Waals surface area contributed by atoms with Gasteiger partial charge < -0.3 is 18.9 Å². The predicted molar refractivity (Wildman–Crippen MR) is 106 cm³/mol. The molecule has 10 heteroatoms. The third kappa shape index (κ3) is 6.64. The van der Waals surface area contributed by atoms with Gasteiger partial charge in [0.15, 0.2) is 23.6 Å². The summed E-state index contributed by atoms with van der Waals surface area (Å²) < 4.78 is 101. The summed E-state index contributed by atoms with van der Waals surface area (Å²) in [7, 11) is 0. The van der Waals surface area contributed by atoms with E-state index in [0.717, 1.165) is 30.5 Å². The Balaban J connectivity index is 1.65. The van der Waals surface area contributed by atoms with Crippen molar-refractivity contribution >= 4 is 0 Å². The van der Waals surface area contributed by atoms with E-state index in [1.165, 1.54) is 12.1 Å². The molecule has 33 heavy (non-hydrogen) atoms. The zero-order chi connectivity index (χ0) is 24.0. The number of hydrogen-bond donors (Lipinski definition) is 0. The van der Waals surface area contributed by atoms with Crippen LogP contribution in [0.1, 0.15) is 37.0 Å². The zero-order valence-corrected chi connectivity index (χ0v) is 17.6. The van der Waals surface area contributed by atoms with E-state index in [0.29, 0.717) is 37.9 Å². The second kappa shape index (κ2) is 10.9. The third-order valence-electron chi connectivity index (χ3n) is 5.03. The lowest BCUT2D eigenvalue weighted by atomic mass is 9.94. The number of alkyl halides is 2. The summed E-state index contributed by atoms with van der Waals surface area (Å²) in [5.74, 6) is -4.68. The maximum absolute atomic E-state index is 14.6. The minimum absolute atomic E-state index is 0.173. The Morgan fingerprint density at radius 3 is 2.30 bits per heavy atom. The number of rotatable bonds is 9. The van der Waals surface area contributed by atoms with Gasteiger partial charge in [-0.2, -0.15) is 17.6 Å². The van der Waals surface area contributed by atoms with Crippen LogP contribution in [0.5, 0.6) is 11.5 Å². The van der Waals surface area contributed by atoms with E-state index in [2.05, 4.69) is 9.47 Å². The molecule has 1 heterocycles. The Hall–Kier alpha value is -2.72. The molecule has 2 aromatic carbocycles. The molecule has 0 spiro atoms. The molecule has 1 saturated heterocycles. The topological polar surface area (TPSA) is 36.9 Å². The van der Waals surface area contributed by atoms with Crippen LogP contribution in [-0.4, -0.2) is 19.8 Å². The van der Waals surface area contributed by atoms with Gasteiger partial charge in [0.1, 0.15) is 5.75 Å². The van der Waals surface area contributed by atoms with Crippen LogP contribution in [0.3, 0.4) is 0 Å². The zero-order valence-electron chi connectivity index (χ0n) is 17.6. The van der Waals surface area contributed by atoms with E-state index in [-0.39, 0.29) is 12.4 Å². The van der Waals surface area contributed by atoms with Gasteiger partial charge in [-0.1, -0.05) is 12.1 Å². The molecule has 0 aromatic heterocycles. The van der Waals surface area contributed by atoms with Gasteiger partial charge in [0.05, 0.1) is 24.9 Å². The molecule has 0 N–H and O–H groups in total. The number of ether oxygens (including phenoxy) is 4. The first-order chi connectivity index (χ1) is 15.7. The second-order valence-electron chi connectivity index (χ2n) is 7.41. The van der Waals surface area contributed by atoms with Gasteiger partial charge in [-0.25, -0.2) is 8.78 Å². The summed E-state index contributed by atoms with van der Waals surface area (Å²) >= 11 is 0. The molecule has 1 aliphatic heterocycles. The van der Waals surface area contributed by atoms with Crippen molar-refractivity contribution < 1.29 is 45.3 Å². The highest BCUT2D eigenvalue weighted by Gasteiger charge is 2.35. The van der Waals surface area contributed by atoms with Crippen molar-refractivity contribution in [1.29, 1.82) is 0 Å². The summed E-state index contributed by atoms with van der Waals surface area (Å²) in [5, 5.41) is 0. The maximum atomic E-state index is 14.6. The fraction of sp³-hybridized carbons (Fsp3) is 0.391. The first-order valence-corrected chi connectivity index (χ1v) is 10.2. The summed E-state index contributed by atoms with van der Waals surface area (Å²) in [4.78, 5) is 0. The molecule has 0 saturated carbocycles. The van der Waals surface area contributed by atoms with Gasteiger partial charge >= 0.3 is 12.2 Å². The molecular formula is C23H22F6O4. The molecule has 3 rings (SSSR count). The molecule has 0 radical (unpaired) electrons. The van der Waals surface area contributed by atoms with Crippen LogP contribution in [0.4, 0.5) is 26.3 Å². The van der Waals surface area contributed by atoms with Gasteiger partial charge in [0, 0.05) is 24.7 Å². The highest BCUT2D eigenvalue weighted by atomic mass is 19.3. The summed E-state index contributed by atoms with van der Waals surface area (Å²) in [5.41, 5.74) is 0.177. The van der Waals surface area contributed by atoms with Gasteiger partial charge in [-0.15, -0.1) is 0 Å². The minimum atomic E-state index is -3.92. The normalized spacial score (nSPS) is 18.6. The third-order valence-corrected chi connectivity index (χ3v) is 5.03. The Bertz CT molecular complexity index is 929. The van der Waals surface area contributed by atoms with E-state index in [9.17, 15) is 26.3 Å². The van der Waals surface area contributed by atoms with Crippen LogP contribution in [-0.2, 0) is 15.6 Å². The van der Waals surface area contributed by atoms with E-state index in [4.69, 9.17) is 9.47 Å². The lowest BCUT2D eigenvalue weighted by Crippen LogP contribution is -2.25. The second-order valence-corrected chi connectivity index (χ2v) is 7.41. The van der Waals surface area contributed by atoms with Crippen molar-refractivity contribution in [2.45, 2.75) is 32.0 Å². The lowest BCUT2D eigenvalue weighted by Gasteiger charge is -2.29. The summed E-state index contributed by atoms with van der Waals surface area (Å²) in [6, 6.07) is 6.08. The Labute approximate surface area is 186 Å². The van der Waals surface area contributed by atoms with Crippen molar-refractivity contribution in [2.75, 3.05) is 19.8 Å². The SMILES string of the molecule is CCOCC1CCC(c2ccc(C(F)(F)Oc3cc(F)c(OC=C(F)F)c(F)c3)cc2)OC1. The largest absolute Gasteiger partial charge is 0.453 e. The molecule has 2 aromatic rings. The minimum Gasteiger partial charge on any atom is -0.453 e. The maximum Gasteiger partial charge on any atom is 0.426 e. The average Bonchev–Trinajstić information content (AvgIpc) is 2.77. The van der Waals surface area contributed by atoms with E-state index < -0.39 is 40.9 Å². The molecule has 0 bridgehead atoms. The van der Waals surface area contributed by atoms with Crippen LogP contribution in [0.15, 0.2) is 48.7 Å². The molecule has 0 amide bonds. The van der Waals surface area contributed by atoms with Crippen LogP contribution in [0.2, 0.25) is 0 Å².